The van der Waals surface area contributed by atoms with Gasteiger partial charge in [-0.25, -0.2) is 0 Å². The standard InChI is InChI=1S/C11H24N2OS/c1-14-9-10(4-2-6-12)13-8-11-5-3-7-15-11/h10-11,13H,2-9,12H2,1H3. The van der Waals surface area contributed by atoms with Gasteiger partial charge < -0.3 is 15.8 Å². The van der Waals surface area contributed by atoms with Crippen LogP contribution in [0.15, 0.2) is 0 Å². The largest absolute Gasteiger partial charge is 0.383 e. The average Bonchev–Trinajstić information content (AvgIpc) is 2.75. The maximum atomic E-state index is 5.52. The van der Waals surface area contributed by atoms with Crippen molar-refractivity contribution < 1.29 is 4.74 Å². The van der Waals surface area contributed by atoms with E-state index in [9.17, 15) is 0 Å². The molecule has 3 N–H and O–H groups in total. The molecule has 0 aliphatic carbocycles. The number of thioether (sulfide) groups is 1. The Balaban J connectivity index is 2.11. The van der Waals surface area contributed by atoms with Crippen molar-refractivity contribution >= 4 is 11.8 Å². The van der Waals surface area contributed by atoms with Crippen molar-refractivity contribution in [2.24, 2.45) is 5.73 Å². The predicted octanol–water partition coefficient (Wildman–Crippen LogP) is 1.23. The fourth-order valence-corrected chi connectivity index (χ4v) is 3.13. The molecule has 0 amide bonds. The molecule has 3 nitrogen and oxygen atoms in total. The summed E-state index contributed by atoms with van der Waals surface area (Å²) in [7, 11) is 1.77. The molecule has 0 saturated carbocycles. The smallest absolute Gasteiger partial charge is 0.0615 e. The second-order valence-electron chi connectivity index (χ2n) is 4.13. The summed E-state index contributed by atoms with van der Waals surface area (Å²) in [6.45, 7) is 2.71. The van der Waals surface area contributed by atoms with E-state index in [2.05, 4.69) is 17.1 Å². The molecule has 2 atom stereocenters. The van der Waals surface area contributed by atoms with Gasteiger partial charge in [-0.1, -0.05) is 0 Å². The van der Waals surface area contributed by atoms with Crippen LogP contribution in [0.3, 0.4) is 0 Å². The summed E-state index contributed by atoms with van der Waals surface area (Å²) in [4.78, 5) is 0. The van der Waals surface area contributed by atoms with Crippen molar-refractivity contribution in [1.29, 1.82) is 0 Å². The monoisotopic (exact) mass is 232 g/mol. The quantitative estimate of drug-likeness (QED) is 0.661. The van der Waals surface area contributed by atoms with Crippen LogP contribution < -0.4 is 11.1 Å². The first-order valence-electron chi connectivity index (χ1n) is 5.90. The predicted molar refractivity (Wildman–Crippen MR) is 67.4 cm³/mol. The minimum atomic E-state index is 0.486. The highest BCUT2D eigenvalue weighted by atomic mass is 32.2. The summed E-state index contributed by atoms with van der Waals surface area (Å²) >= 11 is 2.10. The van der Waals surface area contributed by atoms with E-state index < -0.39 is 0 Å². The molecular formula is C11H24N2OS. The number of hydrogen-bond donors (Lipinski definition) is 2. The van der Waals surface area contributed by atoms with Gasteiger partial charge in [0.25, 0.3) is 0 Å². The van der Waals surface area contributed by atoms with Gasteiger partial charge in [0.2, 0.25) is 0 Å². The van der Waals surface area contributed by atoms with Crippen molar-refractivity contribution in [2.75, 3.05) is 32.6 Å². The van der Waals surface area contributed by atoms with E-state index in [1.165, 1.54) is 18.6 Å². The van der Waals surface area contributed by atoms with Gasteiger partial charge in [0.1, 0.15) is 0 Å². The highest BCUT2D eigenvalue weighted by Gasteiger charge is 2.16. The first-order valence-corrected chi connectivity index (χ1v) is 6.95. The van der Waals surface area contributed by atoms with Crippen molar-refractivity contribution in [3.63, 3.8) is 0 Å². The third kappa shape index (κ3) is 5.76. The molecule has 1 heterocycles. The van der Waals surface area contributed by atoms with E-state index in [0.717, 1.165) is 37.8 Å². The first kappa shape index (κ1) is 13.3. The van der Waals surface area contributed by atoms with Gasteiger partial charge in [-0.15, -0.1) is 0 Å². The minimum Gasteiger partial charge on any atom is -0.383 e. The van der Waals surface area contributed by atoms with Gasteiger partial charge in [0, 0.05) is 24.9 Å². The summed E-state index contributed by atoms with van der Waals surface area (Å²) in [6.07, 6.45) is 4.96. The molecule has 0 bridgehead atoms. The lowest BCUT2D eigenvalue weighted by atomic mass is 10.1. The molecular weight excluding hydrogens is 208 g/mol. The molecule has 1 rings (SSSR count). The number of hydrogen-bond acceptors (Lipinski definition) is 4. The Hall–Kier alpha value is 0.230. The Morgan fingerprint density at radius 1 is 1.60 bits per heavy atom. The summed E-state index contributed by atoms with van der Waals surface area (Å²) in [5.41, 5.74) is 5.52. The number of nitrogens with one attached hydrogen (secondary N) is 1. The number of methoxy groups -OCH3 is 1. The third-order valence-electron chi connectivity index (χ3n) is 2.78. The lowest BCUT2D eigenvalue weighted by Crippen LogP contribution is -2.37. The number of nitrogens with two attached hydrogens (primary N) is 1. The molecule has 1 aliphatic rings. The molecule has 0 radical (unpaired) electrons. The Morgan fingerprint density at radius 3 is 3.07 bits per heavy atom. The molecule has 2 unspecified atom stereocenters. The molecule has 1 aliphatic heterocycles. The zero-order valence-electron chi connectivity index (χ0n) is 9.71. The topological polar surface area (TPSA) is 47.3 Å². The van der Waals surface area contributed by atoms with Crippen LogP contribution in [-0.2, 0) is 4.74 Å². The van der Waals surface area contributed by atoms with Gasteiger partial charge in [0.15, 0.2) is 0 Å². The van der Waals surface area contributed by atoms with Gasteiger partial charge in [-0.05, 0) is 38.0 Å². The third-order valence-corrected chi connectivity index (χ3v) is 4.18. The van der Waals surface area contributed by atoms with Crippen LogP contribution in [0.2, 0.25) is 0 Å². The van der Waals surface area contributed by atoms with Crippen LogP contribution in [0.25, 0.3) is 0 Å². The maximum Gasteiger partial charge on any atom is 0.0615 e. The van der Waals surface area contributed by atoms with E-state index in [1.54, 1.807) is 7.11 Å². The summed E-state index contributed by atoms with van der Waals surface area (Å²) in [5, 5.41) is 4.42. The van der Waals surface area contributed by atoms with Crippen LogP contribution in [0.1, 0.15) is 25.7 Å². The van der Waals surface area contributed by atoms with Crippen molar-refractivity contribution in [2.45, 2.75) is 37.0 Å². The van der Waals surface area contributed by atoms with Gasteiger partial charge in [-0.2, -0.15) is 11.8 Å². The average molecular weight is 232 g/mol. The second kappa shape index (κ2) is 8.39. The Labute approximate surface area is 97.5 Å². The van der Waals surface area contributed by atoms with E-state index in [0.29, 0.717) is 6.04 Å². The summed E-state index contributed by atoms with van der Waals surface area (Å²) in [5.74, 6) is 1.34. The van der Waals surface area contributed by atoms with E-state index in [4.69, 9.17) is 10.5 Å². The number of rotatable bonds is 8. The molecule has 0 aromatic carbocycles. The van der Waals surface area contributed by atoms with Crippen molar-refractivity contribution in [1.82, 2.24) is 5.32 Å². The fourth-order valence-electron chi connectivity index (χ4n) is 1.91. The molecule has 0 spiro atoms. The number of ether oxygens (including phenoxy) is 1. The van der Waals surface area contributed by atoms with Crippen LogP contribution in [0.5, 0.6) is 0 Å². The molecule has 1 fully saturated rings. The molecule has 0 aromatic heterocycles. The van der Waals surface area contributed by atoms with E-state index in [1.807, 2.05) is 0 Å². The van der Waals surface area contributed by atoms with Gasteiger partial charge >= 0.3 is 0 Å². The lowest BCUT2D eigenvalue weighted by Gasteiger charge is -2.19. The Morgan fingerprint density at radius 2 is 2.47 bits per heavy atom. The van der Waals surface area contributed by atoms with Crippen LogP contribution >= 0.6 is 11.8 Å². The Kier molecular flexibility index (Phi) is 7.44. The molecule has 1 saturated heterocycles. The van der Waals surface area contributed by atoms with Gasteiger partial charge in [-0.3, -0.25) is 0 Å². The molecule has 0 aromatic rings. The van der Waals surface area contributed by atoms with Crippen LogP contribution in [0, 0.1) is 0 Å². The van der Waals surface area contributed by atoms with Gasteiger partial charge in [0.05, 0.1) is 6.61 Å². The van der Waals surface area contributed by atoms with E-state index in [-0.39, 0.29) is 0 Å². The maximum absolute atomic E-state index is 5.52. The second-order valence-corrected chi connectivity index (χ2v) is 5.53. The van der Waals surface area contributed by atoms with Crippen LogP contribution in [-0.4, -0.2) is 43.9 Å². The summed E-state index contributed by atoms with van der Waals surface area (Å²) in [6, 6.07) is 0.486. The molecule has 15 heavy (non-hydrogen) atoms. The minimum absolute atomic E-state index is 0.486. The highest BCUT2D eigenvalue weighted by molar-refractivity contribution is 8.00. The zero-order chi connectivity index (χ0) is 10.9. The Bertz CT molecular complexity index is 152. The molecule has 90 valence electrons. The fraction of sp³-hybridized carbons (Fsp3) is 1.00. The van der Waals surface area contributed by atoms with Crippen LogP contribution in [0.4, 0.5) is 0 Å². The summed E-state index contributed by atoms with van der Waals surface area (Å²) < 4.78 is 5.21. The normalized spacial score (nSPS) is 23.2. The zero-order valence-corrected chi connectivity index (χ0v) is 10.5. The first-order chi connectivity index (χ1) is 7.36. The van der Waals surface area contributed by atoms with Crippen molar-refractivity contribution in [3.05, 3.63) is 0 Å². The molecule has 4 heteroatoms. The SMILES string of the molecule is COCC(CCCN)NCC1CCCS1. The van der Waals surface area contributed by atoms with E-state index >= 15 is 0 Å². The van der Waals surface area contributed by atoms with Crippen molar-refractivity contribution in [3.8, 4) is 0 Å². The highest BCUT2D eigenvalue weighted by Crippen LogP contribution is 2.25. The lowest BCUT2D eigenvalue weighted by molar-refractivity contribution is 0.162.